The zero-order valence-electron chi connectivity index (χ0n) is 11.1. The van der Waals surface area contributed by atoms with Gasteiger partial charge in [0.2, 0.25) is 5.95 Å². The van der Waals surface area contributed by atoms with Gasteiger partial charge in [0.15, 0.2) is 5.65 Å². The van der Waals surface area contributed by atoms with Gasteiger partial charge in [-0.2, -0.15) is 0 Å². The fraction of sp³-hybridized carbons (Fsp3) is 0.538. The number of nitrogens with zero attached hydrogens (tertiary/aromatic N) is 4. The molecule has 0 bridgehead atoms. The van der Waals surface area contributed by atoms with Crippen molar-refractivity contribution in [2.45, 2.75) is 25.4 Å². The maximum absolute atomic E-state index is 5.57. The Morgan fingerprint density at radius 3 is 2.68 bits per heavy atom. The molecule has 2 aromatic heterocycles. The Bertz CT molecular complexity index is 589. The van der Waals surface area contributed by atoms with Crippen LogP contribution in [0.3, 0.4) is 0 Å². The van der Waals surface area contributed by atoms with Gasteiger partial charge in [0.05, 0.1) is 5.60 Å². The third-order valence-electron chi connectivity index (χ3n) is 3.95. The van der Waals surface area contributed by atoms with Crippen LogP contribution in [0.5, 0.6) is 0 Å². The van der Waals surface area contributed by atoms with Gasteiger partial charge in [-0.25, -0.2) is 0 Å². The molecule has 0 amide bonds. The molecule has 0 aliphatic carbocycles. The summed E-state index contributed by atoms with van der Waals surface area (Å²) in [4.78, 5) is 2.27. The van der Waals surface area contributed by atoms with E-state index in [0.717, 1.165) is 42.0 Å². The molecule has 1 saturated heterocycles. The molecule has 0 radical (unpaired) electrons. The van der Waals surface area contributed by atoms with Crippen LogP contribution in [0.15, 0.2) is 22.8 Å². The first kappa shape index (κ1) is 12.9. The molecule has 0 saturated carbocycles. The van der Waals surface area contributed by atoms with Crippen molar-refractivity contribution in [3.8, 4) is 0 Å². The van der Waals surface area contributed by atoms with E-state index in [1.165, 1.54) is 0 Å². The monoisotopic (exact) mass is 324 g/mol. The Balaban J connectivity index is 1.88. The Labute approximate surface area is 120 Å². The molecule has 3 rings (SSSR count). The molecule has 0 aromatic carbocycles. The normalized spacial score (nSPS) is 19.0. The Hall–Kier alpha value is -1.14. The minimum Gasteiger partial charge on any atom is -0.378 e. The summed E-state index contributed by atoms with van der Waals surface area (Å²) < 4.78 is 8.63. The van der Waals surface area contributed by atoms with Gasteiger partial charge in [-0.15, -0.1) is 10.2 Å². The molecule has 0 N–H and O–H groups in total. The zero-order chi connectivity index (χ0) is 13.5. The van der Waals surface area contributed by atoms with Crippen LogP contribution in [-0.4, -0.2) is 40.4 Å². The quantitative estimate of drug-likeness (QED) is 0.851. The van der Waals surface area contributed by atoms with Crippen molar-refractivity contribution in [3.05, 3.63) is 22.8 Å². The summed E-state index contributed by atoms with van der Waals surface area (Å²) in [5.41, 5.74) is 0.871. The minimum absolute atomic E-state index is 0.00241. The first-order chi connectivity index (χ1) is 9.11. The zero-order valence-corrected chi connectivity index (χ0v) is 12.7. The number of fused-ring (bicyclic) bond motifs is 1. The molecule has 3 heterocycles. The maximum Gasteiger partial charge on any atom is 0.231 e. The fourth-order valence-corrected chi connectivity index (χ4v) is 2.79. The Morgan fingerprint density at radius 1 is 1.26 bits per heavy atom. The van der Waals surface area contributed by atoms with Crippen LogP contribution in [-0.2, 0) is 4.74 Å². The highest BCUT2D eigenvalue weighted by atomic mass is 79.9. The van der Waals surface area contributed by atoms with Gasteiger partial charge < -0.3 is 9.64 Å². The maximum atomic E-state index is 5.57. The van der Waals surface area contributed by atoms with E-state index in [9.17, 15) is 0 Å². The van der Waals surface area contributed by atoms with Crippen molar-refractivity contribution < 1.29 is 4.74 Å². The highest BCUT2D eigenvalue weighted by Gasteiger charge is 2.31. The van der Waals surface area contributed by atoms with Gasteiger partial charge in [0, 0.05) is 30.9 Å². The lowest BCUT2D eigenvalue weighted by molar-refractivity contribution is -0.0134. The number of hydrogen-bond donors (Lipinski definition) is 0. The molecule has 102 valence electrons. The van der Waals surface area contributed by atoms with Crippen molar-refractivity contribution in [2.75, 3.05) is 25.1 Å². The lowest BCUT2D eigenvalue weighted by Crippen LogP contribution is -2.44. The van der Waals surface area contributed by atoms with E-state index >= 15 is 0 Å². The number of halogens is 1. The summed E-state index contributed by atoms with van der Waals surface area (Å²) >= 11 is 3.49. The summed E-state index contributed by atoms with van der Waals surface area (Å²) in [6, 6.07) is 3.94. The Kier molecular flexibility index (Phi) is 3.22. The van der Waals surface area contributed by atoms with Gasteiger partial charge in [0.25, 0.3) is 0 Å². The molecule has 1 fully saturated rings. The highest BCUT2D eigenvalue weighted by Crippen LogP contribution is 2.28. The number of aromatic nitrogens is 3. The standard InChI is InChI=1S/C13H17BrN4O/c1-13(19-2)5-7-17(8-6-13)12-16-15-11-4-3-10(14)9-18(11)12/h3-4,9H,5-8H2,1-2H3. The summed E-state index contributed by atoms with van der Waals surface area (Å²) in [7, 11) is 1.79. The van der Waals surface area contributed by atoms with E-state index in [1.807, 2.05) is 22.7 Å². The van der Waals surface area contributed by atoms with E-state index in [-0.39, 0.29) is 5.60 Å². The number of hydrogen-bond acceptors (Lipinski definition) is 4. The predicted molar refractivity (Wildman–Crippen MR) is 77.5 cm³/mol. The molecule has 2 aromatic rings. The van der Waals surface area contributed by atoms with Gasteiger partial charge in [-0.1, -0.05) is 0 Å². The third kappa shape index (κ3) is 2.34. The molecule has 6 heteroatoms. The molecule has 1 aliphatic heterocycles. The van der Waals surface area contributed by atoms with E-state index in [0.29, 0.717) is 0 Å². The van der Waals surface area contributed by atoms with E-state index in [2.05, 4.69) is 38.0 Å². The van der Waals surface area contributed by atoms with Crippen LogP contribution in [0, 0.1) is 0 Å². The second-order valence-corrected chi connectivity index (χ2v) is 6.13. The largest absolute Gasteiger partial charge is 0.378 e. The highest BCUT2D eigenvalue weighted by molar-refractivity contribution is 9.10. The first-order valence-corrected chi connectivity index (χ1v) is 7.21. The number of pyridine rings is 1. The lowest BCUT2D eigenvalue weighted by atomic mass is 9.94. The van der Waals surface area contributed by atoms with Gasteiger partial charge >= 0.3 is 0 Å². The smallest absolute Gasteiger partial charge is 0.231 e. The average molecular weight is 325 g/mol. The lowest BCUT2D eigenvalue weighted by Gasteiger charge is -2.38. The number of rotatable bonds is 2. The number of ether oxygens (including phenoxy) is 1. The number of piperidine rings is 1. The van der Waals surface area contributed by atoms with Crippen molar-refractivity contribution in [1.82, 2.24) is 14.6 Å². The van der Waals surface area contributed by atoms with E-state index < -0.39 is 0 Å². The van der Waals surface area contributed by atoms with Crippen molar-refractivity contribution in [1.29, 1.82) is 0 Å². The average Bonchev–Trinajstić information content (AvgIpc) is 2.83. The molecule has 1 aliphatic rings. The van der Waals surface area contributed by atoms with Gasteiger partial charge in [0.1, 0.15) is 0 Å². The topological polar surface area (TPSA) is 42.7 Å². The molecule has 19 heavy (non-hydrogen) atoms. The van der Waals surface area contributed by atoms with Crippen LogP contribution in [0.1, 0.15) is 19.8 Å². The fourth-order valence-electron chi connectivity index (χ4n) is 2.45. The summed E-state index contributed by atoms with van der Waals surface area (Å²) in [5.74, 6) is 0.912. The third-order valence-corrected chi connectivity index (χ3v) is 4.41. The van der Waals surface area contributed by atoms with Crippen molar-refractivity contribution >= 4 is 27.5 Å². The van der Waals surface area contributed by atoms with E-state index in [4.69, 9.17) is 4.74 Å². The SMILES string of the molecule is COC1(C)CCN(c2nnc3ccc(Br)cn23)CC1. The van der Waals surface area contributed by atoms with Crippen LogP contribution >= 0.6 is 15.9 Å². The summed E-state index contributed by atoms with van der Waals surface area (Å²) in [6.07, 6.45) is 4.02. The molecule has 0 unspecified atom stereocenters. The van der Waals surface area contributed by atoms with Gasteiger partial charge in [-0.05, 0) is 47.8 Å². The Morgan fingerprint density at radius 2 is 2.00 bits per heavy atom. The van der Waals surface area contributed by atoms with Crippen LogP contribution < -0.4 is 4.90 Å². The molecular formula is C13H17BrN4O. The second-order valence-electron chi connectivity index (χ2n) is 5.22. The number of anilines is 1. The molecular weight excluding hydrogens is 308 g/mol. The van der Waals surface area contributed by atoms with Crippen LogP contribution in [0.25, 0.3) is 5.65 Å². The van der Waals surface area contributed by atoms with Crippen molar-refractivity contribution in [3.63, 3.8) is 0 Å². The molecule has 0 atom stereocenters. The molecule has 5 nitrogen and oxygen atoms in total. The molecule has 0 spiro atoms. The predicted octanol–water partition coefficient (Wildman–Crippen LogP) is 2.50. The van der Waals surface area contributed by atoms with E-state index in [1.54, 1.807) is 7.11 Å². The van der Waals surface area contributed by atoms with Crippen LogP contribution in [0.4, 0.5) is 5.95 Å². The van der Waals surface area contributed by atoms with Gasteiger partial charge in [-0.3, -0.25) is 4.40 Å². The summed E-state index contributed by atoms with van der Waals surface area (Å²) in [5, 5.41) is 8.52. The van der Waals surface area contributed by atoms with Crippen molar-refractivity contribution in [2.24, 2.45) is 0 Å². The first-order valence-electron chi connectivity index (χ1n) is 6.42. The second kappa shape index (κ2) is 4.76. The minimum atomic E-state index is -0.00241. The van der Waals surface area contributed by atoms with Crippen LogP contribution in [0.2, 0.25) is 0 Å². The number of methoxy groups -OCH3 is 1. The summed E-state index contributed by atoms with van der Waals surface area (Å²) in [6.45, 7) is 4.05.